The van der Waals surface area contributed by atoms with Crippen LogP contribution in [0.4, 0.5) is 0 Å². The van der Waals surface area contributed by atoms with Gasteiger partial charge in [-0.3, -0.25) is 0 Å². The van der Waals surface area contributed by atoms with Crippen LogP contribution in [0.5, 0.6) is 5.75 Å². The van der Waals surface area contributed by atoms with Crippen molar-refractivity contribution >= 4 is 0 Å². The normalized spacial score (nSPS) is 11.9. The highest BCUT2D eigenvalue weighted by molar-refractivity contribution is 5.25. The van der Waals surface area contributed by atoms with Gasteiger partial charge in [-0.25, -0.2) is 9.97 Å². The molecule has 0 unspecified atom stereocenters. The Morgan fingerprint density at radius 1 is 1.35 bits per heavy atom. The van der Waals surface area contributed by atoms with Gasteiger partial charge in [-0.05, 0) is 20.9 Å². The van der Waals surface area contributed by atoms with E-state index in [4.69, 9.17) is 9.47 Å². The van der Waals surface area contributed by atoms with Gasteiger partial charge in [0.2, 0.25) is 0 Å². The fourth-order valence-corrected chi connectivity index (χ4v) is 1.62. The lowest BCUT2D eigenvalue weighted by molar-refractivity contribution is 0.00529. The summed E-state index contributed by atoms with van der Waals surface area (Å²) in [6.45, 7) is 9.51. The van der Waals surface area contributed by atoms with Gasteiger partial charge in [0, 0.05) is 26.0 Å². The Morgan fingerprint density at radius 2 is 2.05 bits per heavy atom. The number of nitrogens with one attached hydrogen (secondary N) is 1. The standard InChI is InChI=1S/C15H27N3O2/c1-11(2)14-17-10-13(12(18-14)9-16-5)20-8-7-15(3,4)19-6/h10-11,16H,7-9H2,1-6H3. The maximum atomic E-state index is 5.82. The third kappa shape index (κ3) is 5.06. The van der Waals surface area contributed by atoms with Crippen LogP contribution in [0.1, 0.15) is 51.6 Å². The molecule has 114 valence electrons. The molecule has 0 saturated carbocycles. The second-order valence-corrected chi connectivity index (χ2v) is 5.79. The van der Waals surface area contributed by atoms with E-state index in [1.165, 1.54) is 0 Å². The molecular weight excluding hydrogens is 254 g/mol. The van der Waals surface area contributed by atoms with Gasteiger partial charge in [0.15, 0.2) is 5.75 Å². The molecule has 0 aliphatic carbocycles. The van der Waals surface area contributed by atoms with E-state index in [2.05, 4.69) is 29.1 Å². The van der Waals surface area contributed by atoms with E-state index in [9.17, 15) is 0 Å². The molecule has 0 aromatic carbocycles. The number of aromatic nitrogens is 2. The van der Waals surface area contributed by atoms with Crippen molar-refractivity contribution in [2.24, 2.45) is 0 Å². The Labute approximate surface area is 122 Å². The predicted molar refractivity (Wildman–Crippen MR) is 80.1 cm³/mol. The van der Waals surface area contributed by atoms with Crippen LogP contribution in [-0.2, 0) is 11.3 Å². The molecule has 0 fully saturated rings. The minimum Gasteiger partial charge on any atom is -0.490 e. The summed E-state index contributed by atoms with van der Waals surface area (Å²) in [6, 6.07) is 0. The summed E-state index contributed by atoms with van der Waals surface area (Å²) >= 11 is 0. The summed E-state index contributed by atoms with van der Waals surface area (Å²) in [5, 5.41) is 3.11. The van der Waals surface area contributed by atoms with Crippen molar-refractivity contribution < 1.29 is 9.47 Å². The summed E-state index contributed by atoms with van der Waals surface area (Å²) < 4.78 is 11.2. The Bertz CT molecular complexity index is 420. The molecule has 1 heterocycles. The van der Waals surface area contributed by atoms with E-state index < -0.39 is 0 Å². The van der Waals surface area contributed by atoms with Crippen LogP contribution in [-0.4, -0.2) is 36.3 Å². The zero-order chi connectivity index (χ0) is 15.2. The molecule has 20 heavy (non-hydrogen) atoms. The van der Waals surface area contributed by atoms with Crippen LogP contribution in [0.15, 0.2) is 6.20 Å². The summed E-state index contributed by atoms with van der Waals surface area (Å²) in [6.07, 6.45) is 2.59. The molecule has 0 saturated heterocycles. The molecule has 0 aliphatic heterocycles. The van der Waals surface area contributed by atoms with Crippen LogP contribution < -0.4 is 10.1 Å². The van der Waals surface area contributed by atoms with Crippen LogP contribution in [0.3, 0.4) is 0 Å². The second kappa shape index (κ2) is 7.55. The van der Waals surface area contributed by atoms with E-state index in [0.717, 1.165) is 23.7 Å². The fraction of sp³-hybridized carbons (Fsp3) is 0.733. The van der Waals surface area contributed by atoms with E-state index in [-0.39, 0.29) is 5.60 Å². The minimum absolute atomic E-state index is 0.179. The molecule has 0 amide bonds. The quantitative estimate of drug-likeness (QED) is 0.793. The summed E-state index contributed by atoms with van der Waals surface area (Å²) in [7, 11) is 3.61. The third-order valence-electron chi connectivity index (χ3n) is 3.22. The van der Waals surface area contributed by atoms with Crippen molar-refractivity contribution in [3.05, 3.63) is 17.7 Å². The molecule has 5 heteroatoms. The number of rotatable bonds is 8. The van der Waals surface area contributed by atoms with Gasteiger partial charge in [0.25, 0.3) is 0 Å². The highest BCUT2D eigenvalue weighted by Crippen LogP contribution is 2.20. The monoisotopic (exact) mass is 281 g/mol. The average molecular weight is 281 g/mol. The first-order valence-electron chi connectivity index (χ1n) is 7.08. The summed E-state index contributed by atoms with van der Waals surface area (Å²) in [5.74, 6) is 1.91. The summed E-state index contributed by atoms with van der Waals surface area (Å²) in [5.41, 5.74) is 0.725. The largest absolute Gasteiger partial charge is 0.490 e. The number of methoxy groups -OCH3 is 1. The van der Waals surface area contributed by atoms with Gasteiger partial charge in [-0.2, -0.15) is 0 Å². The summed E-state index contributed by atoms with van der Waals surface area (Å²) in [4.78, 5) is 8.93. The van der Waals surface area contributed by atoms with Gasteiger partial charge in [0.1, 0.15) is 5.82 Å². The number of ether oxygens (including phenoxy) is 2. The van der Waals surface area contributed by atoms with Crippen LogP contribution in [0, 0.1) is 0 Å². The van der Waals surface area contributed by atoms with Crippen LogP contribution in [0.25, 0.3) is 0 Å². The van der Waals surface area contributed by atoms with Gasteiger partial charge < -0.3 is 14.8 Å². The molecule has 0 spiro atoms. The van der Waals surface area contributed by atoms with Crippen molar-refractivity contribution in [2.75, 3.05) is 20.8 Å². The second-order valence-electron chi connectivity index (χ2n) is 5.79. The fourth-order valence-electron chi connectivity index (χ4n) is 1.62. The van der Waals surface area contributed by atoms with Crippen molar-refractivity contribution in [1.82, 2.24) is 15.3 Å². The molecule has 1 aromatic heterocycles. The lowest BCUT2D eigenvalue weighted by Gasteiger charge is -2.23. The van der Waals surface area contributed by atoms with Gasteiger partial charge >= 0.3 is 0 Å². The van der Waals surface area contributed by atoms with Crippen molar-refractivity contribution in [2.45, 2.75) is 52.2 Å². The molecule has 1 aromatic rings. The topological polar surface area (TPSA) is 56.3 Å². The maximum Gasteiger partial charge on any atom is 0.160 e. The number of hydrogen-bond acceptors (Lipinski definition) is 5. The van der Waals surface area contributed by atoms with E-state index in [1.807, 2.05) is 20.9 Å². The Balaban J connectivity index is 2.73. The Hall–Kier alpha value is -1.20. The molecule has 0 aliphatic rings. The first-order valence-corrected chi connectivity index (χ1v) is 7.08. The minimum atomic E-state index is -0.179. The highest BCUT2D eigenvalue weighted by atomic mass is 16.5. The third-order valence-corrected chi connectivity index (χ3v) is 3.22. The smallest absolute Gasteiger partial charge is 0.160 e. The van der Waals surface area contributed by atoms with Crippen LogP contribution >= 0.6 is 0 Å². The first kappa shape index (κ1) is 16.9. The molecule has 0 radical (unpaired) electrons. The van der Waals surface area contributed by atoms with Gasteiger partial charge in [-0.15, -0.1) is 0 Å². The molecular formula is C15H27N3O2. The average Bonchev–Trinajstić information content (AvgIpc) is 2.40. The Kier molecular flexibility index (Phi) is 6.36. The molecule has 0 atom stereocenters. The van der Waals surface area contributed by atoms with E-state index >= 15 is 0 Å². The lowest BCUT2D eigenvalue weighted by atomic mass is 10.1. The van der Waals surface area contributed by atoms with E-state index in [1.54, 1.807) is 13.3 Å². The highest BCUT2D eigenvalue weighted by Gasteiger charge is 2.17. The molecule has 1 N–H and O–H groups in total. The van der Waals surface area contributed by atoms with Crippen LogP contribution in [0.2, 0.25) is 0 Å². The van der Waals surface area contributed by atoms with Gasteiger partial charge in [0.05, 0.1) is 24.1 Å². The van der Waals surface area contributed by atoms with Crippen molar-refractivity contribution in [3.8, 4) is 5.75 Å². The molecule has 0 bridgehead atoms. The van der Waals surface area contributed by atoms with Crippen molar-refractivity contribution in [3.63, 3.8) is 0 Å². The van der Waals surface area contributed by atoms with Gasteiger partial charge in [-0.1, -0.05) is 13.8 Å². The predicted octanol–water partition coefficient (Wildman–Crippen LogP) is 2.51. The lowest BCUT2D eigenvalue weighted by Crippen LogP contribution is -2.25. The maximum absolute atomic E-state index is 5.82. The number of nitrogens with zero attached hydrogens (tertiary/aromatic N) is 2. The molecule has 1 rings (SSSR count). The zero-order valence-corrected chi connectivity index (χ0v) is 13.5. The number of hydrogen-bond donors (Lipinski definition) is 1. The van der Waals surface area contributed by atoms with Crippen molar-refractivity contribution in [1.29, 1.82) is 0 Å². The van der Waals surface area contributed by atoms with E-state index in [0.29, 0.717) is 19.1 Å². The first-order chi connectivity index (χ1) is 9.39. The Morgan fingerprint density at radius 3 is 2.60 bits per heavy atom. The SMILES string of the molecule is CNCc1nc(C(C)C)ncc1OCCC(C)(C)OC. The zero-order valence-electron chi connectivity index (χ0n) is 13.5. The molecule has 5 nitrogen and oxygen atoms in total.